The number of nitrogens with zero attached hydrogens (tertiary/aromatic N) is 2. The van der Waals surface area contributed by atoms with Gasteiger partial charge in [-0.05, 0) is 56.0 Å². The minimum atomic E-state index is -0.600. The smallest absolute Gasteiger partial charge is 0.235 e. The number of allylic oxidation sites excluding steroid dienone is 2. The summed E-state index contributed by atoms with van der Waals surface area (Å²) in [5.74, 6) is -0.680. The van der Waals surface area contributed by atoms with Crippen LogP contribution in [-0.2, 0) is 9.59 Å². The number of halogens is 1. The maximum absolute atomic E-state index is 13.3. The first-order valence-electron chi connectivity index (χ1n) is 9.74. The minimum absolute atomic E-state index is 0.0683. The van der Waals surface area contributed by atoms with Crippen molar-refractivity contribution in [3.05, 3.63) is 70.0 Å². The van der Waals surface area contributed by atoms with Gasteiger partial charge < -0.3 is 5.32 Å². The maximum atomic E-state index is 13.3. The number of amides is 1. The second-order valence-corrected chi connectivity index (χ2v) is 8.05. The highest BCUT2D eigenvalue weighted by Crippen LogP contribution is 2.43. The van der Waals surface area contributed by atoms with Gasteiger partial charge in [-0.2, -0.15) is 0 Å². The van der Waals surface area contributed by atoms with E-state index in [0.717, 1.165) is 29.7 Å². The van der Waals surface area contributed by atoms with Gasteiger partial charge >= 0.3 is 0 Å². The monoisotopic (exact) mass is 407 g/mol. The molecule has 2 atom stereocenters. The molecule has 1 aromatic heterocycles. The lowest BCUT2D eigenvalue weighted by molar-refractivity contribution is -0.119. The maximum Gasteiger partial charge on any atom is 0.235 e. The molecule has 0 saturated heterocycles. The van der Waals surface area contributed by atoms with Crippen molar-refractivity contribution in [2.45, 2.75) is 39.0 Å². The molecule has 0 fully saturated rings. The summed E-state index contributed by atoms with van der Waals surface area (Å²) in [5.41, 5.74) is 4.03. The number of nitrogens with one attached hydrogen (secondary N) is 1. The van der Waals surface area contributed by atoms with Gasteiger partial charge in [0.2, 0.25) is 5.91 Å². The number of rotatable bonds is 3. The quantitative estimate of drug-likeness (QED) is 0.789. The Morgan fingerprint density at radius 3 is 2.72 bits per heavy atom. The number of ketones is 1. The van der Waals surface area contributed by atoms with Gasteiger partial charge in [0.25, 0.3) is 0 Å². The molecule has 1 N–H and O–H groups in total. The van der Waals surface area contributed by atoms with Crippen molar-refractivity contribution < 1.29 is 9.59 Å². The van der Waals surface area contributed by atoms with Gasteiger partial charge in [-0.15, -0.1) is 0 Å². The summed E-state index contributed by atoms with van der Waals surface area (Å²) in [6.45, 7) is 3.79. The number of carbonyl (C=O) groups is 2. The normalized spacial score (nSPS) is 21.5. The summed E-state index contributed by atoms with van der Waals surface area (Å²) >= 11 is 6.24. The van der Waals surface area contributed by atoms with Gasteiger partial charge in [0, 0.05) is 40.5 Å². The SMILES string of the molecule is CC1=NC2=C(C(=O)CCC2)[C@H](c2cccc(Cl)c2)C1C(=O)Nc1ccc(C)cn1. The van der Waals surface area contributed by atoms with E-state index in [1.54, 1.807) is 18.3 Å². The number of aryl methyl sites for hydroxylation is 1. The summed E-state index contributed by atoms with van der Waals surface area (Å²) in [6.07, 6.45) is 3.74. The number of hydrogen-bond acceptors (Lipinski definition) is 4. The molecule has 1 amide bonds. The van der Waals surface area contributed by atoms with E-state index < -0.39 is 11.8 Å². The fourth-order valence-corrected chi connectivity index (χ4v) is 4.35. The van der Waals surface area contributed by atoms with Crippen LogP contribution in [0.5, 0.6) is 0 Å². The Labute approximate surface area is 174 Å². The van der Waals surface area contributed by atoms with Crippen LogP contribution in [0.3, 0.4) is 0 Å². The molecule has 2 aromatic rings. The molecule has 4 rings (SSSR count). The first-order chi connectivity index (χ1) is 13.9. The third kappa shape index (κ3) is 3.87. The zero-order valence-corrected chi connectivity index (χ0v) is 17.2. The molecule has 0 spiro atoms. The molecule has 1 aliphatic carbocycles. The van der Waals surface area contributed by atoms with E-state index in [1.807, 2.05) is 38.1 Å². The van der Waals surface area contributed by atoms with Crippen LogP contribution in [-0.4, -0.2) is 22.4 Å². The summed E-state index contributed by atoms with van der Waals surface area (Å²) in [5, 5.41) is 3.47. The van der Waals surface area contributed by atoms with E-state index in [0.29, 0.717) is 28.5 Å². The molecule has 0 bridgehead atoms. The highest BCUT2D eigenvalue weighted by molar-refractivity contribution is 6.30. The summed E-state index contributed by atoms with van der Waals surface area (Å²) in [6, 6.07) is 11.1. The number of carbonyl (C=O) groups excluding carboxylic acids is 2. The molecule has 1 aliphatic heterocycles. The van der Waals surface area contributed by atoms with Crippen molar-refractivity contribution in [2.75, 3.05) is 5.32 Å². The van der Waals surface area contributed by atoms with Crippen molar-refractivity contribution in [1.29, 1.82) is 0 Å². The second kappa shape index (κ2) is 7.91. The predicted molar refractivity (Wildman–Crippen MR) is 114 cm³/mol. The van der Waals surface area contributed by atoms with Gasteiger partial charge in [-0.1, -0.05) is 29.8 Å². The van der Waals surface area contributed by atoms with Crippen LogP contribution < -0.4 is 5.32 Å². The minimum Gasteiger partial charge on any atom is -0.310 e. The first kappa shape index (κ1) is 19.5. The van der Waals surface area contributed by atoms with E-state index in [2.05, 4.69) is 15.3 Å². The third-order valence-corrected chi connectivity index (χ3v) is 5.72. The van der Waals surface area contributed by atoms with E-state index in [-0.39, 0.29) is 11.7 Å². The van der Waals surface area contributed by atoms with Gasteiger partial charge in [0.05, 0.1) is 5.92 Å². The lowest BCUT2D eigenvalue weighted by Crippen LogP contribution is -2.39. The largest absolute Gasteiger partial charge is 0.310 e. The lowest BCUT2D eigenvalue weighted by Gasteiger charge is -2.35. The molecular formula is C23H22ClN3O2. The number of Topliss-reactive ketones (excluding diaryl/α,β-unsaturated/α-hetero) is 1. The first-order valence-corrected chi connectivity index (χ1v) is 10.1. The van der Waals surface area contributed by atoms with Crippen molar-refractivity contribution in [3.63, 3.8) is 0 Å². The molecular weight excluding hydrogens is 386 g/mol. The van der Waals surface area contributed by atoms with Gasteiger partial charge in [-0.3, -0.25) is 14.6 Å². The van der Waals surface area contributed by atoms with Gasteiger partial charge in [0.15, 0.2) is 5.78 Å². The fourth-order valence-electron chi connectivity index (χ4n) is 4.15. The Hall–Kier alpha value is -2.79. The average Bonchev–Trinajstić information content (AvgIpc) is 2.69. The molecule has 0 saturated carbocycles. The van der Waals surface area contributed by atoms with Crippen LogP contribution in [0.25, 0.3) is 0 Å². The van der Waals surface area contributed by atoms with E-state index in [9.17, 15) is 9.59 Å². The molecule has 0 radical (unpaired) electrons. The highest BCUT2D eigenvalue weighted by Gasteiger charge is 2.42. The van der Waals surface area contributed by atoms with Crippen molar-refractivity contribution in [1.82, 2.24) is 4.98 Å². The van der Waals surface area contributed by atoms with E-state index >= 15 is 0 Å². The Bertz CT molecular complexity index is 1040. The van der Waals surface area contributed by atoms with Crippen LogP contribution in [0.15, 0.2) is 58.9 Å². The van der Waals surface area contributed by atoms with Crippen molar-refractivity contribution in [3.8, 4) is 0 Å². The number of benzene rings is 1. The van der Waals surface area contributed by atoms with Crippen LogP contribution in [0, 0.1) is 12.8 Å². The highest BCUT2D eigenvalue weighted by atomic mass is 35.5. The van der Waals surface area contributed by atoms with Crippen LogP contribution >= 0.6 is 11.6 Å². The summed E-state index contributed by atoms with van der Waals surface area (Å²) in [4.78, 5) is 35.1. The Morgan fingerprint density at radius 1 is 1.17 bits per heavy atom. The molecule has 148 valence electrons. The zero-order valence-electron chi connectivity index (χ0n) is 16.4. The molecule has 6 heteroatoms. The predicted octanol–water partition coefficient (Wildman–Crippen LogP) is 4.86. The Balaban J connectivity index is 1.77. The van der Waals surface area contributed by atoms with E-state index in [1.165, 1.54) is 0 Å². The Morgan fingerprint density at radius 2 is 2.00 bits per heavy atom. The molecule has 1 aromatic carbocycles. The van der Waals surface area contributed by atoms with Crippen molar-refractivity contribution in [2.24, 2.45) is 10.9 Å². The summed E-state index contributed by atoms with van der Waals surface area (Å²) < 4.78 is 0. The van der Waals surface area contributed by atoms with Crippen LogP contribution in [0.1, 0.15) is 43.2 Å². The number of aliphatic imine (C=N–C) groups is 1. The second-order valence-electron chi connectivity index (χ2n) is 7.61. The lowest BCUT2D eigenvalue weighted by atomic mass is 9.71. The molecule has 2 aliphatic rings. The third-order valence-electron chi connectivity index (χ3n) is 5.49. The van der Waals surface area contributed by atoms with E-state index in [4.69, 9.17) is 11.6 Å². The number of aromatic nitrogens is 1. The summed E-state index contributed by atoms with van der Waals surface area (Å²) in [7, 11) is 0. The molecule has 29 heavy (non-hydrogen) atoms. The molecule has 5 nitrogen and oxygen atoms in total. The number of hydrogen-bond donors (Lipinski definition) is 1. The van der Waals surface area contributed by atoms with Crippen LogP contribution in [0.2, 0.25) is 5.02 Å². The molecule has 1 unspecified atom stereocenters. The number of pyridine rings is 1. The topological polar surface area (TPSA) is 71.4 Å². The Kier molecular flexibility index (Phi) is 5.33. The zero-order chi connectivity index (χ0) is 20.5. The van der Waals surface area contributed by atoms with Crippen LogP contribution in [0.4, 0.5) is 5.82 Å². The number of anilines is 1. The average molecular weight is 408 g/mol. The van der Waals surface area contributed by atoms with Crippen molar-refractivity contribution >= 4 is 34.8 Å². The van der Waals surface area contributed by atoms with Gasteiger partial charge in [-0.25, -0.2) is 4.98 Å². The van der Waals surface area contributed by atoms with Gasteiger partial charge in [0.1, 0.15) is 5.82 Å². The molecule has 2 heterocycles. The fraction of sp³-hybridized carbons (Fsp3) is 0.304. The standard InChI is InChI=1S/C23H22ClN3O2/c1-13-9-10-19(25-12-13)27-23(29)20-14(2)26-17-7-4-8-18(28)22(17)21(20)15-5-3-6-16(24)11-15/h3,5-6,9-12,20-21H,4,7-8H2,1-2H3,(H,25,27,29)/t20?,21-/m1/s1.